The number of alkyl carbamates (subject to hydrolysis) is 1. The van der Waals surface area contributed by atoms with Gasteiger partial charge in [0.05, 0.1) is 13.2 Å². The Labute approximate surface area is 175 Å². The molecule has 5 atom stereocenters. The molecule has 1 fully saturated rings. The molecule has 2 aromatic rings. The topological polar surface area (TPSA) is 106 Å². The standard InChI is InChI=1S/C22H27NO7/c1-27-21-18(23-22(26)29-14-16-10-6-3-7-11-16)20(19(25)17(12-24)30-21)28-13-15-8-4-2-5-9-15/h2-11,17-21,24-25H,12-14H2,1H3,(H,23,26)/t17-,18-,19-,20-,21-/m1/s1. The summed E-state index contributed by atoms with van der Waals surface area (Å²) in [5.74, 6) is 0. The number of carbonyl (C=O) groups excluding carboxylic acids is 1. The van der Waals surface area contributed by atoms with Crippen LogP contribution in [0, 0.1) is 0 Å². The maximum absolute atomic E-state index is 12.4. The van der Waals surface area contributed by atoms with Crippen molar-refractivity contribution in [1.29, 1.82) is 0 Å². The summed E-state index contributed by atoms with van der Waals surface area (Å²) in [7, 11) is 1.41. The molecule has 30 heavy (non-hydrogen) atoms. The number of ether oxygens (including phenoxy) is 4. The summed E-state index contributed by atoms with van der Waals surface area (Å²) in [5.41, 5.74) is 1.74. The minimum Gasteiger partial charge on any atom is -0.445 e. The third kappa shape index (κ3) is 5.78. The Kier molecular flexibility index (Phi) is 8.18. The third-order valence-corrected chi connectivity index (χ3v) is 4.87. The molecule has 0 aromatic heterocycles. The van der Waals surface area contributed by atoms with E-state index in [2.05, 4.69) is 5.32 Å². The number of carbonyl (C=O) groups is 1. The zero-order valence-corrected chi connectivity index (χ0v) is 16.7. The van der Waals surface area contributed by atoms with E-state index < -0.39 is 43.3 Å². The van der Waals surface area contributed by atoms with Crippen LogP contribution in [0.5, 0.6) is 0 Å². The van der Waals surface area contributed by atoms with Crippen LogP contribution in [0.25, 0.3) is 0 Å². The molecule has 2 aromatic carbocycles. The van der Waals surface area contributed by atoms with Crippen molar-refractivity contribution in [3.05, 3.63) is 71.8 Å². The molecule has 3 rings (SSSR count). The Morgan fingerprint density at radius 2 is 1.63 bits per heavy atom. The van der Waals surface area contributed by atoms with Crippen LogP contribution >= 0.6 is 0 Å². The van der Waals surface area contributed by atoms with E-state index in [1.54, 1.807) is 0 Å². The van der Waals surface area contributed by atoms with E-state index in [4.69, 9.17) is 18.9 Å². The molecule has 0 bridgehead atoms. The highest BCUT2D eigenvalue weighted by molar-refractivity contribution is 5.67. The fourth-order valence-corrected chi connectivity index (χ4v) is 3.29. The summed E-state index contributed by atoms with van der Waals surface area (Å²) in [6.45, 7) is -0.124. The lowest BCUT2D eigenvalue weighted by atomic mass is 9.96. The van der Waals surface area contributed by atoms with Crippen LogP contribution in [0.2, 0.25) is 0 Å². The average Bonchev–Trinajstić information content (AvgIpc) is 2.79. The zero-order valence-electron chi connectivity index (χ0n) is 16.7. The van der Waals surface area contributed by atoms with Crippen LogP contribution in [-0.4, -0.2) is 60.7 Å². The van der Waals surface area contributed by atoms with Gasteiger partial charge >= 0.3 is 6.09 Å². The van der Waals surface area contributed by atoms with Gasteiger partial charge in [-0.2, -0.15) is 0 Å². The van der Waals surface area contributed by atoms with E-state index in [-0.39, 0.29) is 13.2 Å². The van der Waals surface area contributed by atoms with Gasteiger partial charge in [0.15, 0.2) is 6.29 Å². The molecule has 0 aliphatic carbocycles. The van der Waals surface area contributed by atoms with Crippen molar-refractivity contribution in [2.24, 2.45) is 0 Å². The second-order valence-corrected chi connectivity index (χ2v) is 6.94. The molecule has 1 saturated heterocycles. The first-order valence-electron chi connectivity index (χ1n) is 9.72. The van der Waals surface area contributed by atoms with Crippen LogP contribution in [0.3, 0.4) is 0 Å². The molecular weight excluding hydrogens is 390 g/mol. The van der Waals surface area contributed by atoms with E-state index in [1.165, 1.54) is 7.11 Å². The van der Waals surface area contributed by atoms with E-state index in [9.17, 15) is 15.0 Å². The summed E-state index contributed by atoms with van der Waals surface area (Å²) < 4.78 is 22.1. The molecule has 0 unspecified atom stereocenters. The summed E-state index contributed by atoms with van der Waals surface area (Å²) in [5, 5.41) is 22.9. The molecule has 0 spiro atoms. The van der Waals surface area contributed by atoms with E-state index >= 15 is 0 Å². The van der Waals surface area contributed by atoms with Gasteiger partial charge in [-0.25, -0.2) is 4.79 Å². The van der Waals surface area contributed by atoms with Gasteiger partial charge in [-0.1, -0.05) is 60.7 Å². The lowest BCUT2D eigenvalue weighted by molar-refractivity contribution is -0.271. The second kappa shape index (κ2) is 11.1. The molecule has 1 aliphatic heterocycles. The molecule has 1 amide bonds. The van der Waals surface area contributed by atoms with Gasteiger partial charge < -0.3 is 34.5 Å². The SMILES string of the molecule is CO[C@@H]1O[C@H](CO)[C@@H](O)[C@H](OCc2ccccc2)[C@H]1NC(=O)OCc1ccccc1. The molecule has 0 radical (unpaired) electrons. The number of hydrogen-bond donors (Lipinski definition) is 3. The number of rotatable bonds is 8. The Hall–Kier alpha value is -2.49. The third-order valence-electron chi connectivity index (χ3n) is 4.87. The van der Waals surface area contributed by atoms with Crippen LogP contribution in [0.15, 0.2) is 60.7 Å². The molecule has 8 nitrogen and oxygen atoms in total. The molecule has 0 saturated carbocycles. The van der Waals surface area contributed by atoms with Gasteiger partial charge in [0.25, 0.3) is 0 Å². The molecule has 1 heterocycles. The van der Waals surface area contributed by atoms with Crippen molar-refractivity contribution in [3.8, 4) is 0 Å². The predicted molar refractivity (Wildman–Crippen MR) is 107 cm³/mol. The fraction of sp³-hybridized carbons (Fsp3) is 0.409. The summed E-state index contributed by atoms with van der Waals surface area (Å²) >= 11 is 0. The maximum atomic E-state index is 12.4. The Balaban J connectivity index is 1.68. The lowest BCUT2D eigenvalue weighted by Crippen LogP contribution is -2.65. The van der Waals surface area contributed by atoms with E-state index in [0.717, 1.165) is 11.1 Å². The van der Waals surface area contributed by atoms with Gasteiger partial charge in [-0.05, 0) is 11.1 Å². The first kappa shape index (κ1) is 22.2. The van der Waals surface area contributed by atoms with Crippen molar-refractivity contribution in [2.45, 2.75) is 43.9 Å². The minimum atomic E-state index is -1.18. The second-order valence-electron chi connectivity index (χ2n) is 6.94. The number of amides is 1. The lowest BCUT2D eigenvalue weighted by Gasteiger charge is -2.43. The van der Waals surface area contributed by atoms with E-state index in [1.807, 2.05) is 60.7 Å². The van der Waals surface area contributed by atoms with Gasteiger partial charge in [0.1, 0.15) is 31.0 Å². The van der Waals surface area contributed by atoms with Gasteiger partial charge in [-0.3, -0.25) is 0 Å². The van der Waals surface area contributed by atoms with Crippen molar-refractivity contribution < 1.29 is 34.0 Å². The molecular formula is C22H27NO7. The molecule has 8 heteroatoms. The van der Waals surface area contributed by atoms with Crippen molar-refractivity contribution in [2.75, 3.05) is 13.7 Å². The number of aliphatic hydroxyl groups is 2. The van der Waals surface area contributed by atoms with Gasteiger partial charge in [-0.15, -0.1) is 0 Å². The highest BCUT2D eigenvalue weighted by Gasteiger charge is 2.47. The number of nitrogens with one attached hydrogen (secondary N) is 1. The zero-order chi connectivity index (χ0) is 21.3. The van der Waals surface area contributed by atoms with Crippen LogP contribution in [-0.2, 0) is 32.2 Å². The first-order valence-corrected chi connectivity index (χ1v) is 9.72. The van der Waals surface area contributed by atoms with Crippen LogP contribution in [0.1, 0.15) is 11.1 Å². The smallest absolute Gasteiger partial charge is 0.407 e. The number of methoxy groups -OCH3 is 1. The normalized spacial score (nSPS) is 26.2. The fourth-order valence-electron chi connectivity index (χ4n) is 3.29. The predicted octanol–water partition coefficient (Wildman–Crippen LogP) is 1.59. The maximum Gasteiger partial charge on any atom is 0.407 e. The monoisotopic (exact) mass is 417 g/mol. The van der Waals surface area contributed by atoms with E-state index in [0.29, 0.717) is 0 Å². The minimum absolute atomic E-state index is 0.0925. The average molecular weight is 417 g/mol. The van der Waals surface area contributed by atoms with Gasteiger partial charge in [0.2, 0.25) is 0 Å². The largest absolute Gasteiger partial charge is 0.445 e. The van der Waals surface area contributed by atoms with Crippen molar-refractivity contribution in [1.82, 2.24) is 5.32 Å². The van der Waals surface area contributed by atoms with Crippen molar-refractivity contribution >= 4 is 6.09 Å². The molecule has 3 N–H and O–H groups in total. The van der Waals surface area contributed by atoms with Gasteiger partial charge in [0, 0.05) is 7.11 Å². The Bertz CT molecular complexity index is 774. The number of hydrogen-bond acceptors (Lipinski definition) is 7. The van der Waals surface area contributed by atoms with Crippen LogP contribution < -0.4 is 5.32 Å². The quantitative estimate of drug-likeness (QED) is 0.599. The molecule has 1 aliphatic rings. The highest BCUT2D eigenvalue weighted by atomic mass is 16.7. The summed E-state index contributed by atoms with van der Waals surface area (Å²) in [6.07, 6.45) is -4.60. The molecule has 162 valence electrons. The van der Waals surface area contributed by atoms with Crippen LogP contribution in [0.4, 0.5) is 4.79 Å². The number of benzene rings is 2. The first-order chi connectivity index (χ1) is 14.6. The highest BCUT2D eigenvalue weighted by Crippen LogP contribution is 2.25. The summed E-state index contributed by atoms with van der Waals surface area (Å²) in [6, 6.07) is 17.8. The van der Waals surface area contributed by atoms with Crippen molar-refractivity contribution in [3.63, 3.8) is 0 Å². The Morgan fingerprint density at radius 1 is 1.03 bits per heavy atom. The Morgan fingerprint density at radius 3 is 2.20 bits per heavy atom. The summed E-state index contributed by atoms with van der Waals surface area (Å²) in [4.78, 5) is 12.4. The number of aliphatic hydroxyl groups excluding tert-OH is 2.